The van der Waals surface area contributed by atoms with Gasteiger partial charge in [-0.1, -0.05) is 36.4 Å². The summed E-state index contributed by atoms with van der Waals surface area (Å²) < 4.78 is 0. The Bertz CT molecular complexity index is 1330. The van der Waals surface area contributed by atoms with Gasteiger partial charge in [-0.3, -0.25) is 9.69 Å². The molecule has 1 saturated carbocycles. The molecule has 1 aliphatic carbocycles. The van der Waals surface area contributed by atoms with Crippen LogP contribution in [0.15, 0.2) is 65.7 Å². The lowest BCUT2D eigenvalue weighted by molar-refractivity contribution is -0.130. The van der Waals surface area contributed by atoms with Crippen LogP contribution >= 0.6 is 11.3 Å². The van der Waals surface area contributed by atoms with Crippen molar-refractivity contribution < 1.29 is 9.90 Å². The Morgan fingerprint density at radius 3 is 2.56 bits per heavy atom. The summed E-state index contributed by atoms with van der Waals surface area (Å²) in [6.07, 6.45) is 2.55. The largest absolute Gasteiger partial charge is 0.385 e. The third-order valence-corrected chi connectivity index (χ3v) is 8.53. The second-order valence-electron chi connectivity index (χ2n) is 9.31. The lowest BCUT2D eigenvalue weighted by Crippen LogP contribution is -2.52. The summed E-state index contributed by atoms with van der Waals surface area (Å²) in [6, 6.07) is 21.4. The van der Waals surface area contributed by atoms with Crippen LogP contribution in [-0.2, 0) is 15.9 Å². The zero-order valence-corrected chi connectivity index (χ0v) is 20.0. The molecule has 6 nitrogen and oxygen atoms in total. The average Bonchev–Trinajstić information content (AvgIpc) is 3.33. The number of amides is 1. The van der Waals surface area contributed by atoms with E-state index in [0.717, 1.165) is 45.7 Å². The number of likely N-dealkylation sites (N-methyl/N-ethyl adjacent to an activating group) is 1. The van der Waals surface area contributed by atoms with Gasteiger partial charge in [0.1, 0.15) is 5.54 Å². The highest BCUT2D eigenvalue weighted by Gasteiger charge is 2.48. The minimum Gasteiger partial charge on any atom is -0.385 e. The van der Waals surface area contributed by atoms with E-state index in [9.17, 15) is 15.2 Å². The smallest absolute Gasteiger partial charge is 0.239 e. The molecule has 5 rings (SSSR count). The van der Waals surface area contributed by atoms with Gasteiger partial charge < -0.3 is 10.8 Å². The van der Waals surface area contributed by atoms with Gasteiger partial charge in [0.2, 0.25) is 5.91 Å². The quantitative estimate of drug-likeness (QED) is 0.588. The minimum atomic E-state index is -0.891. The standard InChI is InChI=1S/C27H26N4O2S/c1-26(22-12-11-21(34-22)19-6-3-5-17(15-19)16-28)23(24(32)31(2)25(29)30-26)18-7-9-20(10-8-18)27(33)13-4-14-27/h3,5-12,15,23,33H,4,13-14H2,1-2H3,(H2,29,30)/t23?,26-/m1/s1. The molecule has 2 heterocycles. The highest BCUT2D eigenvalue weighted by atomic mass is 32.1. The molecule has 7 heteroatoms. The first-order valence-electron chi connectivity index (χ1n) is 11.3. The van der Waals surface area contributed by atoms with Crippen LogP contribution in [0.4, 0.5) is 0 Å². The fraction of sp³-hybridized carbons (Fsp3) is 0.296. The van der Waals surface area contributed by atoms with E-state index in [1.54, 1.807) is 24.5 Å². The number of nitrogens with zero attached hydrogens (tertiary/aromatic N) is 3. The van der Waals surface area contributed by atoms with Crippen LogP contribution in [0.3, 0.4) is 0 Å². The first-order chi connectivity index (χ1) is 16.2. The Morgan fingerprint density at radius 1 is 1.18 bits per heavy atom. The third kappa shape index (κ3) is 3.51. The van der Waals surface area contributed by atoms with Crippen molar-refractivity contribution in [1.29, 1.82) is 5.26 Å². The van der Waals surface area contributed by atoms with E-state index in [2.05, 4.69) is 6.07 Å². The van der Waals surface area contributed by atoms with Gasteiger partial charge in [-0.05, 0) is 67.1 Å². The number of benzene rings is 2. The molecule has 1 unspecified atom stereocenters. The van der Waals surface area contributed by atoms with Crippen LogP contribution in [0.1, 0.15) is 53.7 Å². The molecule has 34 heavy (non-hydrogen) atoms. The molecule has 2 atom stereocenters. The number of carbonyl (C=O) groups is 1. The first kappa shape index (κ1) is 22.3. The number of aliphatic hydroxyl groups is 1. The van der Waals surface area contributed by atoms with Crippen molar-refractivity contribution in [2.24, 2.45) is 10.7 Å². The van der Waals surface area contributed by atoms with Crippen molar-refractivity contribution in [1.82, 2.24) is 4.90 Å². The molecule has 0 saturated heterocycles. The molecule has 3 N–H and O–H groups in total. The number of rotatable bonds is 4. The van der Waals surface area contributed by atoms with Crippen LogP contribution in [0, 0.1) is 11.3 Å². The average molecular weight is 471 g/mol. The number of hydrogen-bond acceptors (Lipinski definition) is 6. The SMILES string of the molecule is CN1C(=O)C(c2ccc(C3(O)CCC3)cc2)[C@@](C)(c2ccc(-c3cccc(C#N)c3)s2)N=C1N. The summed E-state index contributed by atoms with van der Waals surface area (Å²) in [6.45, 7) is 1.95. The number of aliphatic imine (C=N–C) groups is 1. The molecule has 0 spiro atoms. The summed E-state index contributed by atoms with van der Waals surface area (Å²) in [5, 5.41) is 20.0. The second kappa shape index (κ2) is 8.08. The van der Waals surface area contributed by atoms with E-state index in [-0.39, 0.29) is 11.9 Å². The predicted molar refractivity (Wildman–Crippen MR) is 133 cm³/mol. The maximum Gasteiger partial charge on any atom is 0.239 e. The predicted octanol–water partition coefficient (Wildman–Crippen LogP) is 4.44. The van der Waals surface area contributed by atoms with Crippen molar-refractivity contribution in [2.45, 2.75) is 43.2 Å². The van der Waals surface area contributed by atoms with Gasteiger partial charge in [-0.15, -0.1) is 11.3 Å². The van der Waals surface area contributed by atoms with Gasteiger partial charge in [-0.25, -0.2) is 4.99 Å². The number of guanidine groups is 1. The number of nitrogens with two attached hydrogens (primary N) is 1. The Kier molecular flexibility index (Phi) is 5.31. The zero-order valence-electron chi connectivity index (χ0n) is 19.2. The molecule has 0 bridgehead atoms. The van der Waals surface area contributed by atoms with E-state index in [0.29, 0.717) is 5.56 Å². The maximum atomic E-state index is 13.5. The number of nitriles is 1. The van der Waals surface area contributed by atoms with E-state index in [4.69, 9.17) is 10.7 Å². The highest BCUT2D eigenvalue weighted by molar-refractivity contribution is 7.15. The van der Waals surface area contributed by atoms with Gasteiger partial charge >= 0.3 is 0 Å². The van der Waals surface area contributed by atoms with Crippen molar-refractivity contribution in [3.8, 4) is 16.5 Å². The van der Waals surface area contributed by atoms with E-state index in [1.165, 1.54) is 4.90 Å². The van der Waals surface area contributed by atoms with Crippen molar-refractivity contribution >= 4 is 23.2 Å². The lowest BCUT2D eigenvalue weighted by Gasteiger charge is -2.40. The number of carbonyl (C=O) groups excluding carboxylic acids is 1. The highest BCUT2D eigenvalue weighted by Crippen LogP contribution is 2.48. The molecular formula is C27H26N4O2S. The summed E-state index contributed by atoms with van der Waals surface area (Å²) in [5.41, 5.74) is 7.81. The van der Waals surface area contributed by atoms with Gasteiger partial charge in [-0.2, -0.15) is 5.26 Å². The number of hydrogen-bond donors (Lipinski definition) is 2. The van der Waals surface area contributed by atoms with Crippen molar-refractivity contribution in [3.05, 3.63) is 82.2 Å². The van der Waals surface area contributed by atoms with Gasteiger partial charge in [0, 0.05) is 16.8 Å². The van der Waals surface area contributed by atoms with E-state index >= 15 is 0 Å². The van der Waals surface area contributed by atoms with Crippen LogP contribution in [0.25, 0.3) is 10.4 Å². The Balaban J connectivity index is 1.57. The van der Waals surface area contributed by atoms with Crippen LogP contribution in [-0.4, -0.2) is 28.9 Å². The lowest BCUT2D eigenvalue weighted by atomic mass is 9.73. The molecule has 0 radical (unpaired) electrons. The van der Waals surface area contributed by atoms with Gasteiger partial charge in [0.25, 0.3) is 0 Å². The molecular weight excluding hydrogens is 444 g/mol. The molecule has 2 aliphatic rings. The monoisotopic (exact) mass is 470 g/mol. The molecule has 3 aromatic rings. The maximum absolute atomic E-state index is 13.5. The Morgan fingerprint density at radius 2 is 1.91 bits per heavy atom. The fourth-order valence-electron chi connectivity index (χ4n) is 4.88. The van der Waals surface area contributed by atoms with Crippen LogP contribution in [0.2, 0.25) is 0 Å². The van der Waals surface area contributed by atoms with E-state index < -0.39 is 17.1 Å². The Hall–Kier alpha value is -3.47. The minimum absolute atomic E-state index is 0.119. The zero-order chi connectivity index (χ0) is 24.1. The Labute approximate surface area is 203 Å². The molecule has 1 fully saturated rings. The number of thiophene rings is 1. The molecule has 2 aromatic carbocycles. The molecule has 172 valence electrons. The summed E-state index contributed by atoms with van der Waals surface area (Å²) >= 11 is 1.55. The van der Waals surface area contributed by atoms with E-state index in [1.807, 2.05) is 61.5 Å². The first-order valence-corrected chi connectivity index (χ1v) is 12.1. The van der Waals surface area contributed by atoms with Gasteiger partial charge in [0.15, 0.2) is 5.96 Å². The fourth-order valence-corrected chi connectivity index (χ4v) is 6.01. The third-order valence-electron chi connectivity index (χ3n) is 7.17. The molecule has 1 aliphatic heterocycles. The van der Waals surface area contributed by atoms with Crippen molar-refractivity contribution in [2.75, 3.05) is 7.05 Å². The molecule has 1 aromatic heterocycles. The normalized spacial score (nSPS) is 23.7. The van der Waals surface area contributed by atoms with Crippen LogP contribution in [0.5, 0.6) is 0 Å². The second-order valence-corrected chi connectivity index (χ2v) is 10.4. The summed E-state index contributed by atoms with van der Waals surface area (Å²) in [4.78, 5) is 21.7. The van der Waals surface area contributed by atoms with Crippen LogP contribution < -0.4 is 5.73 Å². The topological polar surface area (TPSA) is 103 Å². The van der Waals surface area contributed by atoms with Gasteiger partial charge in [0.05, 0.1) is 23.2 Å². The summed E-state index contributed by atoms with van der Waals surface area (Å²) in [7, 11) is 1.65. The summed E-state index contributed by atoms with van der Waals surface area (Å²) in [5.74, 6) is -0.496. The molecule has 1 amide bonds. The van der Waals surface area contributed by atoms with Crippen molar-refractivity contribution in [3.63, 3.8) is 0 Å².